The highest BCUT2D eigenvalue weighted by molar-refractivity contribution is 5.80. The van der Waals surface area contributed by atoms with Crippen LogP contribution in [0.25, 0.3) is 0 Å². The molecule has 0 spiro atoms. The van der Waals surface area contributed by atoms with E-state index >= 15 is 0 Å². The average molecular weight is 253 g/mol. The summed E-state index contributed by atoms with van der Waals surface area (Å²) in [5.41, 5.74) is 1.91. The summed E-state index contributed by atoms with van der Waals surface area (Å²) >= 11 is 0. The van der Waals surface area contributed by atoms with Crippen LogP contribution >= 0.6 is 0 Å². The third-order valence-corrected chi connectivity index (χ3v) is 2.86. The minimum Gasteiger partial charge on any atom is -0.383 e. The minimum absolute atomic E-state index is 0.0719. The first-order valence-corrected chi connectivity index (χ1v) is 6.41. The molecule has 0 aliphatic rings. The van der Waals surface area contributed by atoms with Crippen LogP contribution in [-0.2, 0) is 17.8 Å². The summed E-state index contributed by atoms with van der Waals surface area (Å²) in [6, 6.07) is 1.97. The van der Waals surface area contributed by atoms with Gasteiger partial charge in [0.05, 0.1) is 17.9 Å². The van der Waals surface area contributed by atoms with Crippen molar-refractivity contribution in [1.29, 1.82) is 0 Å². The maximum atomic E-state index is 11.9. The van der Waals surface area contributed by atoms with Crippen molar-refractivity contribution in [3.05, 3.63) is 17.5 Å². The molecule has 2 N–H and O–H groups in total. The van der Waals surface area contributed by atoms with Gasteiger partial charge in [0.15, 0.2) is 0 Å². The number of aromatic nitrogens is 2. The number of rotatable bonds is 6. The van der Waals surface area contributed by atoms with Gasteiger partial charge >= 0.3 is 0 Å². The van der Waals surface area contributed by atoms with E-state index in [0.29, 0.717) is 6.54 Å². The summed E-state index contributed by atoms with van der Waals surface area (Å²) in [6.45, 7) is 6.19. The number of amides is 1. The largest absolute Gasteiger partial charge is 0.383 e. The molecule has 5 nitrogen and oxygen atoms in total. The van der Waals surface area contributed by atoms with Crippen molar-refractivity contribution in [2.24, 2.45) is 5.92 Å². The molecule has 0 aromatic carbocycles. The van der Waals surface area contributed by atoms with Crippen molar-refractivity contribution < 1.29 is 9.90 Å². The predicted molar refractivity (Wildman–Crippen MR) is 69.9 cm³/mol. The lowest BCUT2D eigenvalue weighted by atomic mass is 10.1. The second-order valence-electron chi connectivity index (χ2n) is 5.02. The van der Waals surface area contributed by atoms with E-state index in [1.54, 1.807) is 7.05 Å². The second kappa shape index (κ2) is 6.54. The molecule has 0 bridgehead atoms. The lowest BCUT2D eigenvalue weighted by Gasteiger charge is -2.21. The zero-order valence-corrected chi connectivity index (χ0v) is 11.6. The Labute approximate surface area is 108 Å². The van der Waals surface area contributed by atoms with Crippen LogP contribution in [0.5, 0.6) is 0 Å². The molecule has 1 aromatic rings. The first-order valence-electron chi connectivity index (χ1n) is 6.41. The molecule has 0 saturated carbocycles. The van der Waals surface area contributed by atoms with Gasteiger partial charge in [0.2, 0.25) is 0 Å². The van der Waals surface area contributed by atoms with E-state index in [9.17, 15) is 9.90 Å². The minimum atomic E-state index is -0.937. The van der Waals surface area contributed by atoms with E-state index in [0.717, 1.165) is 24.2 Å². The van der Waals surface area contributed by atoms with Crippen LogP contribution in [0.2, 0.25) is 0 Å². The van der Waals surface area contributed by atoms with Gasteiger partial charge in [0.25, 0.3) is 5.91 Å². The number of aryl methyl sites for hydroxylation is 1. The molecule has 0 aliphatic carbocycles. The van der Waals surface area contributed by atoms with Gasteiger partial charge < -0.3 is 10.0 Å². The lowest BCUT2D eigenvalue weighted by Crippen LogP contribution is -2.38. The zero-order chi connectivity index (χ0) is 13.7. The summed E-state index contributed by atoms with van der Waals surface area (Å²) in [7, 11) is 1.69. The molecule has 0 aliphatic heterocycles. The van der Waals surface area contributed by atoms with E-state index < -0.39 is 6.10 Å². The molecule has 102 valence electrons. The standard InChI is InChI=1S/C13H23N3O2/c1-5-6-10-7-11(15-14-10)8-16(4)13(18)12(17)9(2)3/h7,9,12,17H,5-6,8H2,1-4H3,(H,14,15). The second-order valence-corrected chi connectivity index (χ2v) is 5.02. The molecule has 1 rings (SSSR count). The summed E-state index contributed by atoms with van der Waals surface area (Å²) in [5.74, 6) is -0.325. The van der Waals surface area contributed by atoms with Gasteiger partial charge in [0.1, 0.15) is 6.10 Å². The van der Waals surface area contributed by atoms with E-state index in [1.165, 1.54) is 4.90 Å². The molecule has 1 heterocycles. The third-order valence-electron chi connectivity index (χ3n) is 2.86. The van der Waals surface area contributed by atoms with E-state index in [4.69, 9.17) is 0 Å². The Morgan fingerprint density at radius 1 is 1.56 bits per heavy atom. The Morgan fingerprint density at radius 2 is 2.22 bits per heavy atom. The predicted octanol–water partition coefficient (Wildman–Crippen LogP) is 1.34. The van der Waals surface area contributed by atoms with Gasteiger partial charge in [-0.3, -0.25) is 9.89 Å². The van der Waals surface area contributed by atoms with Crippen LogP contribution in [0.4, 0.5) is 0 Å². The molecule has 0 fully saturated rings. The number of hydrogen-bond donors (Lipinski definition) is 2. The molecule has 0 radical (unpaired) electrons. The normalized spacial score (nSPS) is 12.8. The maximum Gasteiger partial charge on any atom is 0.251 e. The Morgan fingerprint density at radius 3 is 2.78 bits per heavy atom. The van der Waals surface area contributed by atoms with Gasteiger partial charge in [-0.05, 0) is 18.4 Å². The van der Waals surface area contributed by atoms with Crippen molar-refractivity contribution in [3.8, 4) is 0 Å². The highest BCUT2D eigenvalue weighted by atomic mass is 16.3. The number of aromatic amines is 1. The first-order chi connectivity index (χ1) is 8.45. The van der Waals surface area contributed by atoms with Crippen molar-refractivity contribution in [3.63, 3.8) is 0 Å². The van der Waals surface area contributed by atoms with Crippen LogP contribution in [-0.4, -0.2) is 39.3 Å². The number of nitrogens with zero attached hydrogens (tertiary/aromatic N) is 2. The quantitative estimate of drug-likeness (QED) is 0.803. The summed E-state index contributed by atoms with van der Waals surface area (Å²) in [5, 5.41) is 16.8. The molecule has 1 amide bonds. The van der Waals surface area contributed by atoms with Crippen LogP contribution in [0.3, 0.4) is 0 Å². The number of carbonyl (C=O) groups excluding carboxylic acids is 1. The van der Waals surface area contributed by atoms with Crippen LogP contribution in [0.15, 0.2) is 6.07 Å². The molecular formula is C13H23N3O2. The number of likely N-dealkylation sites (N-methyl/N-ethyl adjacent to an activating group) is 1. The fourth-order valence-corrected chi connectivity index (χ4v) is 1.72. The van der Waals surface area contributed by atoms with Gasteiger partial charge in [-0.1, -0.05) is 27.2 Å². The number of nitrogens with one attached hydrogen (secondary N) is 1. The number of H-pyrrole nitrogens is 1. The van der Waals surface area contributed by atoms with Gasteiger partial charge in [0, 0.05) is 7.05 Å². The SMILES string of the molecule is CCCc1cc(CN(C)C(=O)C(O)C(C)C)[nH]n1. The fourth-order valence-electron chi connectivity index (χ4n) is 1.72. The Bertz CT molecular complexity index is 387. The number of hydrogen-bond acceptors (Lipinski definition) is 3. The highest BCUT2D eigenvalue weighted by Gasteiger charge is 2.22. The molecule has 1 unspecified atom stereocenters. The van der Waals surface area contributed by atoms with Crippen molar-refractivity contribution >= 4 is 5.91 Å². The molecule has 18 heavy (non-hydrogen) atoms. The molecule has 0 saturated heterocycles. The van der Waals surface area contributed by atoms with Gasteiger partial charge in [-0.25, -0.2) is 0 Å². The third kappa shape index (κ3) is 3.84. The van der Waals surface area contributed by atoms with E-state index in [-0.39, 0.29) is 11.8 Å². The maximum absolute atomic E-state index is 11.9. The number of aliphatic hydroxyl groups is 1. The molecular weight excluding hydrogens is 230 g/mol. The molecule has 5 heteroatoms. The number of aliphatic hydroxyl groups excluding tert-OH is 1. The Kier molecular flexibility index (Phi) is 5.34. The van der Waals surface area contributed by atoms with Gasteiger partial charge in [-0.15, -0.1) is 0 Å². The monoisotopic (exact) mass is 253 g/mol. The summed E-state index contributed by atoms with van der Waals surface area (Å²) < 4.78 is 0. The zero-order valence-electron chi connectivity index (χ0n) is 11.6. The summed E-state index contributed by atoms with van der Waals surface area (Å²) in [4.78, 5) is 13.4. The fraction of sp³-hybridized carbons (Fsp3) is 0.692. The van der Waals surface area contributed by atoms with Gasteiger partial charge in [-0.2, -0.15) is 5.10 Å². The first kappa shape index (κ1) is 14.7. The van der Waals surface area contributed by atoms with E-state index in [2.05, 4.69) is 17.1 Å². The Balaban J connectivity index is 2.57. The van der Waals surface area contributed by atoms with Crippen molar-refractivity contribution in [2.45, 2.75) is 46.3 Å². The average Bonchev–Trinajstić information content (AvgIpc) is 2.75. The smallest absolute Gasteiger partial charge is 0.251 e. The van der Waals surface area contributed by atoms with E-state index in [1.807, 2.05) is 19.9 Å². The summed E-state index contributed by atoms with van der Waals surface area (Å²) in [6.07, 6.45) is 1.04. The van der Waals surface area contributed by atoms with Crippen LogP contribution in [0.1, 0.15) is 38.6 Å². The van der Waals surface area contributed by atoms with Crippen LogP contribution in [0, 0.1) is 5.92 Å². The lowest BCUT2D eigenvalue weighted by molar-refractivity contribution is -0.141. The Hall–Kier alpha value is -1.36. The molecule has 1 aromatic heterocycles. The topological polar surface area (TPSA) is 69.2 Å². The van der Waals surface area contributed by atoms with Crippen molar-refractivity contribution in [1.82, 2.24) is 15.1 Å². The molecule has 1 atom stereocenters. The number of carbonyl (C=O) groups is 1. The van der Waals surface area contributed by atoms with Crippen molar-refractivity contribution in [2.75, 3.05) is 7.05 Å². The highest BCUT2D eigenvalue weighted by Crippen LogP contribution is 2.09. The van der Waals surface area contributed by atoms with Crippen LogP contribution < -0.4 is 0 Å².